The fourth-order valence-corrected chi connectivity index (χ4v) is 4.61. The van der Waals surface area contributed by atoms with E-state index in [2.05, 4.69) is 13.8 Å². The molecule has 150 valence electrons. The number of para-hydroxylation sites is 1. The third-order valence-corrected chi connectivity index (χ3v) is 6.52. The Bertz CT molecular complexity index is 882. The first-order chi connectivity index (χ1) is 13.5. The van der Waals surface area contributed by atoms with Crippen molar-refractivity contribution in [1.82, 2.24) is 14.4 Å². The molecular weight excluding hydrogens is 354 g/mol. The number of carbonyl (C=O) groups is 2. The maximum Gasteiger partial charge on any atom is 0.410 e. The first-order valence-electron chi connectivity index (χ1n) is 10.3. The van der Waals surface area contributed by atoms with E-state index < -0.39 is 0 Å². The van der Waals surface area contributed by atoms with Gasteiger partial charge in [0.2, 0.25) is 0 Å². The molecule has 0 radical (unpaired) electrons. The van der Waals surface area contributed by atoms with E-state index in [9.17, 15) is 9.59 Å². The lowest BCUT2D eigenvalue weighted by Crippen LogP contribution is -2.51. The third-order valence-electron chi connectivity index (χ3n) is 6.52. The molecule has 6 nitrogen and oxygen atoms in total. The summed E-state index contributed by atoms with van der Waals surface area (Å²) in [5.41, 5.74) is 1.83. The van der Waals surface area contributed by atoms with E-state index in [1.807, 2.05) is 51.9 Å². The van der Waals surface area contributed by atoms with Crippen LogP contribution in [0, 0.1) is 5.92 Å². The van der Waals surface area contributed by atoms with Gasteiger partial charge in [-0.3, -0.25) is 9.69 Å². The number of cyclic esters (lactones) is 1. The summed E-state index contributed by atoms with van der Waals surface area (Å²) in [5, 5.41) is 0.997. The van der Waals surface area contributed by atoms with Gasteiger partial charge in [0.05, 0.1) is 11.6 Å². The molecule has 4 rings (SSSR count). The molecule has 2 saturated heterocycles. The molecule has 2 aromatic rings. The second kappa shape index (κ2) is 7.49. The molecule has 28 heavy (non-hydrogen) atoms. The Morgan fingerprint density at radius 1 is 1.25 bits per heavy atom. The Morgan fingerprint density at radius 2 is 1.96 bits per heavy atom. The quantitative estimate of drug-likeness (QED) is 0.810. The SMILES string of the molecule is CC[C@H](C)[C@@H]1COC(=O)N1C1CCN(C(=O)c2cn(C)c3ccccc23)CC1. The average molecular weight is 383 g/mol. The monoisotopic (exact) mass is 383 g/mol. The van der Waals surface area contributed by atoms with Gasteiger partial charge in [-0.1, -0.05) is 38.5 Å². The molecule has 0 saturated carbocycles. The van der Waals surface area contributed by atoms with Crippen LogP contribution in [0.3, 0.4) is 0 Å². The van der Waals surface area contributed by atoms with Crippen LogP contribution in [0.2, 0.25) is 0 Å². The van der Waals surface area contributed by atoms with Crippen molar-refractivity contribution in [2.45, 2.75) is 45.2 Å². The van der Waals surface area contributed by atoms with Crippen molar-refractivity contribution < 1.29 is 14.3 Å². The van der Waals surface area contributed by atoms with Gasteiger partial charge in [-0.25, -0.2) is 4.79 Å². The van der Waals surface area contributed by atoms with Crippen molar-refractivity contribution >= 4 is 22.9 Å². The molecule has 2 aliphatic rings. The number of aryl methyl sites for hydroxylation is 1. The Labute approximate surface area is 166 Å². The standard InChI is InChI=1S/C22H29N3O3/c1-4-15(2)20-14-28-22(27)25(20)16-9-11-24(12-10-16)21(26)18-13-23(3)19-8-6-5-7-17(18)19/h5-8,13,15-16,20H,4,9-12,14H2,1-3H3/t15-,20-/m0/s1. The van der Waals surface area contributed by atoms with Gasteiger partial charge < -0.3 is 14.2 Å². The highest BCUT2D eigenvalue weighted by molar-refractivity contribution is 6.07. The van der Waals surface area contributed by atoms with E-state index in [0.29, 0.717) is 25.6 Å². The maximum absolute atomic E-state index is 13.1. The van der Waals surface area contributed by atoms with Gasteiger partial charge in [-0.05, 0) is 24.8 Å². The Kier molecular flexibility index (Phi) is 5.04. The second-order valence-electron chi connectivity index (χ2n) is 8.13. The van der Waals surface area contributed by atoms with E-state index in [1.54, 1.807) is 0 Å². The largest absolute Gasteiger partial charge is 0.447 e. The highest BCUT2D eigenvalue weighted by Crippen LogP contribution is 2.30. The third kappa shape index (κ3) is 3.15. The zero-order valence-corrected chi connectivity index (χ0v) is 16.9. The lowest BCUT2D eigenvalue weighted by molar-refractivity contribution is 0.0616. The fraction of sp³-hybridized carbons (Fsp3) is 0.545. The smallest absolute Gasteiger partial charge is 0.410 e. The summed E-state index contributed by atoms with van der Waals surface area (Å²) in [6.45, 7) is 6.16. The zero-order chi connectivity index (χ0) is 19.8. The molecule has 0 bridgehead atoms. The number of nitrogens with zero attached hydrogens (tertiary/aromatic N) is 3. The van der Waals surface area contributed by atoms with Gasteiger partial charge in [0, 0.05) is 43.3 Å². The van der Waals surface area contributed by atoms with E-state index in [0.717, 1.165) is 35.7 Å². The number of rotatable bonds is 4. The van der Waals surface area contributed by atoms with Gasteiger partial charge in [-0.2, -0.15) is 0 Å². The minimum atomic E-state index is -0.191. The molecule has 0 aliphatic carbocycles. The first-order valence-corrected chi connectivity index (χ1v) is 10.3. The van der Waals surface area contributed by atoms with Gasteiger partial charge in [0.1, 0.15) is 6.61 Å². The number of piperidine rings is 1. The molecule has 2 fully saturated rings. The average Bonchev–Trinajstić information content (AvgIpc) is 3.27. The number of likely N-dealkylation sites (tertiary alicyclic amines) is 1. The van der Waals surface area contributed by atoms with Crippen molar-refractivity contribution in [3.8, 4) is 0 Å². The van der Waals surface area contributed by atoms with Crippen molar-refractivity contribution in [2.75, 3.05) is 19.7 Å². The molecule has 1 aromatic carbocycles. The summed E-state index contributed by atoms with van der Waals surface area (Å²) in [6.07, 6.45) is 4.37. The van der Waals surface area contributed by atoms with E-state index in [4.69, 9.17) is 4.74 Å². The van der Waals surface area contributed by atoms with Crippen LogP contribution in [0.4, 0.5) is 4.79 Å². The summed E-state index contributed by atoms with van der Waals surface area (Å²) in [7, 11) is 1.97. The summed E-state index contributed by atoms with van der Waals surface area (Å²) in [6, 6.07) is 8.32. The Morgan fingerprint density at radius 3 is 2.68 bits per heavy atom. The molecular formula is C22H29N3O3. The van der Waals surface area contributed by atoms with Crippen LogP contribution < -0.4 is 0 Å². The van der Waals surface area contributed by atoms with Crippen LogP contribution in [-0.4, -0.2) is 58.1 Å². The van der Waals surface area contributed by atoms with Gasteiger partial charge >= 0.3 is 6.09 Å². The van der Waals surface area contributed by atoms with Crippen molar-refractivity contribution in [3.05, 3.63) is 36.0 Å². The number of amides is 2. The second-order valence-corrected chi connectivity index (χ2v) is 8.13. The van der Waals surface area contributed by atoms with Crippen molar-refractivity contribution in [2.24, 2.45) is 13.0 Å². The predicted molar refractivity (Wildman–Crippen MR) is 108 cm³/mol. The molecule has 0 spiro atoms. The Balaban J connectivity index is 1.46. The minimum absolute atomic E-state index is 0.0812. The van der Waals surface area contributed by atoms with Crippen LogP contribution in [0.25, 0.3) is 10.9 Å². The lowest BCUT2D eigenvalue weighted by atomic mass is 9.95. The summed E-state index contributed by atoms with van der Waals surface area (Å²) < 4.78 is 7.36. The van der Waals surface area contributed by atoms with Crippen LogP contribution in [0.5, 0.6) is 0 Å². The molecule has 2 amide bonds. The van der Waals surface area contributed by atoms with Crippen LogP contribution >= 0.6 is 0 Å². The summed E-state index contributed by atoms with van der Waals surface area (Å²) >= 11 is 0. The molecule has 0 unspecified atom stereocenters. The van der Waals surface area contributed by atoms with E-state index in [-0.39, 0.29) is 24.1 Å². The molecule has 1 aromatic heterocycles. The number of ether oxygens (including phenoxy) is 1. The van der Waals surface area contributed by atoms with Crippen LogP contribution in [-0.2, 0) is 11.8 Å². The Hall–Kier alpha value is -2.50. The molecule has 3 heterocycles. The number of hydrogen-bond donors (Lipinski definition) is 0. The van der Waals surface area contributed by atoms with Crippen LogP contribution in [0.15, 0.2) is 30.5 Å². The van der Waals surface area contributed by atoms with Crippen molar-refractivity contribution in [1.29, 1.82) is 0 Å². The zero-order valence-electron chi connectivity index (χ0n) is 16.9. The van der Waals surface area contributed by atoms with Crippen molar-refractivity contribution in [3.63, 3.8) is 0 Å². The number of fused-ring (bicyclic) bond motifs is 1. The van der Waals surface area contributed by atoms with E-state index >= 15 is 0 Å². The normalized spacial score (nSPS) is 22.0. The fourth-order valence-electron chi connectivity index (χ4n) is 4.61. The van der Waals surface area contributed by atoms with Gasteiger partial charge in [0.25, 0.3) is 5.91 Å². The number of aromatic nitrogens is 1. The van der Waals surface area contributed by atoms with Crippen LogP contribution in [0.1, 0.15) is 43.5 Å². The van der Waals surface area contributed by atoms with Gasteiger partial charge in [0.15, 0.2) is 0 Å². The highest BCUT2D eigenvalue weighted by Gasteiger charge is 2.41. The summed E-state index contributed by atoms with van der Waals surface area (Å²) in [5.74, 6) is 0.500. The first kappa shape index (κ1) is 18.8. The maximum atomic E-state index is 13.1. The molecule has 2 atom stereocenters. The predicted octanol–water partition coefficient (Wildman–Crippen LogP) is 3.65. The molecule has 6 heteroatoms. The number of carbonyl (C=O) groups excluding carboxylic acids is 2. The van der Waals surface area contributed by atoms with E-state index in [1.165, 1.54) is 0 Å². The van der Waals surface area contributed by atoms with Gasteiger partial charge in [-0.15, -0.1) is 0 Å². The highest BCUT2D eigenvalue weighted by atomic mass is 16.6. The minimum Gasteiger partial charge on any atom is -0.447 e. The molecule has 2 aliphatic heterocycles. The topological polar surface area (TPSA) is 54.8 Å². The number of benzene rings is 1. The summed E-state index contributed by atoms with van der Waals surface area (Å²) in [4.78, 5) is 29.3. The molecule has 0 N–H and O–H groups in total. The lowest BCUT2D eigenvalue weighted by Gasteiger charge is -2.39. The number of hydrogen-bond acceptors (Lipinski definition) is 3.